The summed E-state index contributed by atoms with van der Waals surface area (Å²) in [6.07, 6.45) is 1.50. The quantitative estimate of drug-likeness (QED) is 0.653. The number of halogens is 1. The van der Waals surface area contributed by atoms with Crippen LogP contribution in [0, 0.1) is 6.92 Å². The van der Waals surface area contributed by atoms with E-state index in [2.05, 4.69) is 15.8 Å². The van der Waals surface area contributed by atoms with Crippen LogP contribution in [0.25, 0.3) is 0 Å². The highest BCUT2D eigenvalue weighted by molar-refractivity contribution is 6.30. The molecule has 0 heterocycles. The van der Waals surface area contributed by atoms with E-state index in [9.17, 15) is 9.59 Å². The summed E-state index contributed by atoms with van der Waals surface area (Å²) in [7, 11) is 0. The van der Waals surface area contributed by atoms with Gasteiger partial charge in [-0.25, -0.2) is 5.43 Å². The van der Waals surface area contributed by atoms with Crippen LogP contribution in [0.4, 0.5) is 0 Å². The molecule has 0 atom stereocenters. The fraction of sp³-hybridized carbons (Fsp3) is 0.118. The Morgan fingerprint density at radius 1 is 1.09 bits per heavy atom. The summed E-state index contributed by atoms with van der Waals surface area (Å²) >= 11 is 5.77. The van der Waals surface area contributed by atoms with Crippen LogP contribution in [0.1, 0.15) is 21.5 Å². The molecule has 23 heavy (non-hydrogen) atoms. The zero-order valence-corrected chi connectivity index (χ0v) is 13.3. The van der Waals surface area contributed by atoms with Gasteiger partial charge in [-0.15, -0.1) is 0 Å². The molecular formula is C17H16ClN3O2. The molecule has 2 amide bonds. The van der Waals surface area contributed by atoms with Gasteiger partial charge in [0.2, 0.25) is 0 Å². The molecule has 0 aliphatic heterocycles. The number of hydrogen-bond donors (Lipinski definition) is 2. The molecule has 2 rings (SSSR count). The van der Waals surface area contributed by atoms with E-state index in [1.54, 1.807) is 36.4 Å². The second kappa shape index (κ2) is 8.10. The molecule has 0 saturated heterocycles. The zero-order chi connectivity index (χ0) is 16.7. The van der Waals surface area contributed by atoms with Crippen LogP contribution in [0.15, 0.2) is 53.6 Å². The molecule has 6 heteroatoms. The van der Waals surface area contributed by atoms with Gasteiger partial charge in [0.05, 0.1) is 12.8 Å². The second-order valence-corrected chi connectivity index (χ2v) is 5.33. The summed E-state index contributed by atoms with van der Waals surface area (Å²) < 4.78 is 0. The van der Waals surface area contributed by atoms with Crippen LogP contribution in [0.5, 0.6) is 0 Å². The third kappa shape index (κ3) is 5.56. The first-order valence-electron chi connectivity index (χ1n) is 6.97. The topological polar surface area (TPSA) is 70.6 Å². The predicted octanol–water partition coefficient (Wildman–Crippen LogP) is 2.53. The summed E-state index contributed by atoms with van der Waals surface area (Å²) in [6, 6.07) is 14.1. The number of hydrazone groups is 1. The first-order valence-corrected chi connectivity index (χ1v) is 7.35. The zero-order valence-electron chi connectivity index (χ0n) is 12.5. The molecule has 5 nitrogen and oxygen atoms in total. The maximum Gasteiger partial charge on any atom is 0.259 e. The Balaban J connectivity index is 1.77. The third-order valence-electron chi connectivity index (χ3n) is 3.00. The number of rotatable bonds is 5. The molecule has 0 saturated carbocycles. The average Bonchev–Trinajstić information content (AvgIpc) is 2.55. The monoisotopic (exact) mass is 329 g/mol. The lowest BCUT2D eigenvalue weighted by atomic mass is 10.1. The van der Waals surface area contributed by atoms with E-state index >= 15 is 0 Å². The highest BCUT2D eigenvalue weighted by Crippen LogP contribution is 2.07. The van der Waals surface area contributed by atoms with E-state index in [0.717, 1.165) is 11.1 Å². The minimum absolute atomic E-state index is 0.148. The van der Waals surface area contributed by atoms with Gasteiger partial charge in [-0.1, -0.05) is 41.4 Å². The lowest BCUT2D eigenvalue weighted by molar-refractivity contribution is -0.120. The van der Waals surface area contributed by atoms with E-state index in [-0.39, 0.29) is 12.5 Å². The van der Waals surface area contributed by atoms with E-state index < -0.39 is 5.91 Å². The van der Waals surface area contributed by atoms with Crippen molar-refractivity contribution < 1.29 is 9.59 Å². The Labute approximate surface area is 139 Å². The summed E-state index contributed by atoms with van der Waals surface area (Å²) in [4.78, 5) is 23.5. The van der Waals surface area contributed by atoms with E-state index in [4.69, 9.17) is 11.6 Å². The molecule has 0 bridgehead atoms. The van der Waals surface area contributed by atoms with Crippen molar-refractivity contribution in [1.82, 2.24) is 10.7 Å². The second-order valence-electron chi connectivity index (χ2n) is 4.89. The number of benzene rings is 2. The first-order chi connectivity index (χ1) is 11.0. The lowest BCUT2D eigenvalue weighted by Gasteiger charge is -2.04. The average molecular weight is 330 g/mol. The molecule has 0 aromatic heterocycles. The van der Waals surface area contributed by atoms with Crippen molar-refractivity contribution >= 4 is 29.6 Å². The SMILES string of the molecule is Cc1ccc(C(=O)NCC(=O)NN=Cc2ccc(Cl)cc2)cc1. The molecule has 0 radical (unpaired) electrons. The van der Waals surface area contributed by atoms with Gasteiger partial charge in [-0.05, 0) is 36.8 Å². The van der Waals surface area contributed by atoms with Crippen molar-refractivity contribution in [2.45, 2.75) is 6.92 Å². The largest absolute Gasteiger partial charge is 0.343 e. The van der Waals surface area contributed by atoms with Gasteiger partial charge in [-0.3, -0.25) is 9.59 Å². The van der Waals surface area contributed by atoms with Gasteiger partial charge < -0.3 is 5.32 Å². The van der Waals surface area contributed by atoms with E-state index in [1.165, 1.54) is 6.21 Å². The van der Waals surface area contributed by atoms with E-state index in [1.807, 2.05) is 19.1 Å². The minimum atomic E-state index is -0.407. The molecule has 2 aromatic carbocycles. The summed E-state index contributed by atoms with van der Waals surface area (Å²) in [5, 5.41) is 6.98. The minimum Gasteiger partial charge on any atom is -0.343 e. The van der Waals surface area contributed by atoms with Crippen molar-refractivity contribution in [1.29, 1.82) is 0 Å². The number of carbonyl (C=O) groups excluding carboxylic acids is 2. The molecule has 0 unspecified atom stereocenters. The number of hydrogen-bond acceptors (Lipinski definition) is 3. The third-order valence-corrected chi connectivity index (χ3v) is 3.25. The Kier molecular flexibility index (Phi) is 5.88. The van der Waals surface area contributed by atoms with Crippen LogP contribution in [0.2, 0.25) is 5.02 Å². The predicted molar refractivity (Wildman–Crippen MR) is 90.7 cm³/mol. The molecule has 0 spiro atoms. The molecule has 2 N–H and O–H groups in total. The summed E-state index contributed by atoms with van der Waals surface area (Å²) in [5.41, 5.74) is 4.72. The Hall–Kier alpha value is -2.66. The first kappa shape index (κ1) is 16.7. The van der Waals surface area contributed by atoms with Crippen LogP contribution in [-0.4, -0.2) is 24.6 Å². The van der Waals surface area contributed by atoms with Crippen molar-refractivity contribution in [3.63, 3.8) is 0 Å². The molecule has 0 aliphatic carbocycles. The Morgan fingerprint density at radius 3 is 2.39 bits per heavy atom. The standard InChI is InChI=1S/C17H16ClN3O2/c1-12-2-6-14(7-3-12)17(23)19-11-16(22)21-20-10-13-4-8-15(18)9-5-13/h2-10H,11H2,1H3,(H,19,23)(H,21,22). The number of aryl methyl sites for hydroxylation is 1. The van der Waals surface area contributed by atoms with Gasteiger partial charge in [-0.2, -0.15) is 5.10 Å². The van der Waals surface area contributed by atoms with Crippen molar-refractivity contribution in [3.05, 3.63) is 70.2 Å². The fourth-order valence-electron chi connectivity index (χ4n) is 1.73. The summed E-state index contributed by atoms with van der Waals surface area (Å²) in [5.74, 6) is -0.711. The lowest BCUT2D eigenvalue weighted by Crippen LogP contribution is -2.34. The molecular weight excluding hydrogens is 314 g/mol. The Bertz CT molecular complexity index is 710. The number of amides is 2. The number of nitrogens with one attached hydrogen (secondary N) is 2. The van der Waals surface area contributed by atoms with Crippen molar-refractivity contribution in [2.24, 2.45) is 5.10 Å². The normalized spacial score (nSPS) is 10.5. The van der Waals surface area contributed by atoms with Crippen molar-refractivity contribution in [2.75, 3.05) is 6.54 Å². The molecule has 118 valence electrons. The fourth-order valence-corrected chi connectivity index (χ4v) is 1.86. The number of carbonyl (C=O) groups is 2. The summed E-state index contributed by atoms with van der Waals surface area (Å²) in [6.45, 7) is 1.79. The van der Waals surface area contributed by atoms with Gasteiger partial charge >= 0.3 is 0 Å². The number of nitrogens with zero attached hydrogens (tertiary/aromatic N) is 1. The smallest absolute Gasteiger partial charge is 0.259 e. The van der Waals surface area contributed by atoms with Crippen LogP contribution in [-0.2, 0) is 4.79 Å². The van der Waals surface area contributed by atoms with E-state index in [0.29, 0.717) is 10.6 Å². The maximum absolute atomic E-state index is 11.8. The van der Waals surface area contributed by atoms with Crippen LogP contribution < -0.4 is 10.7 Å². The van der Waals surface area contributed by atoms with Crippen LogP contribution in [0.3, 0.4) is 0 Å². The van der Waals surface area contributed by atoms with Crippen molar-refractivity contribution in [3.8, 4) is 0 Å². The highest BCUT2D eigenvalue weighted by Gasteiger charge is 2.06. The van der Waals surface area contributed by atoms with Crippen LogP contribution >= 0.6 is 11.6 Å². The van der Waals surface area contributed by atoms with Gasteiger partial charge in [0.1, 0.15) is 0 Å². The molecule has 0 aliphatic rings. The van der Waals surface area contributed by atoms with Gasteiger partial charge in [0.15, 0.2) is 0 Å². The maximum atomic E-state index is 11.8. The molecule has 0 fully saturated rings. The highest BCUT2D eigenvalue weighted by atomic mass is 35.5. The van der Waals surface area contributed by atoms with Gasteiger partial charge in [0, 0.05) is 10.6 Å². The Morgan fingerprint density at radius 2 is 1.74 bits per heavy atom. The van der Waals surface area contributed by atoms with Gasteiger partial charge in [0.25, 0.3) is 11.8 Å². The molecule has 2 aromatic rings.